The Balaban J connectivity index is 2.66. The first kappa shape index (κ1) is 14.4. The zero-order valence-corrected chi connectivity index (χ0v) is 11.4. The smallest absolute Gasteiger partial charge is 0.321 e. The van der Waals surface area contributed by atoms with Gasteiger partial charge in [-0.15, -0.1) is 0 Å². The molecule has 1 aromatic rings. The van der Waals surface area contributed by atoms with Gasteiger partial charge in [-0.1, -0.05) is 15.9 Å². The van der Waals surface area contributed by atoms with Gasteiger partial charge >= 0.3 is 6.03 Å². The molecule has 0 aromatic heterocycles. The molecule has 0 bridgehead atoms. The fourth-order valence-corrected chi connectivity index (χ4v) is 1.57. The number of hydrogen-bond acceptors (Lipinski definition) is 3. The van der Waals surface area contributed by atoms with Crippen LogP contribution in [-0.2, 0) is 4.79 Å². The standard InChI is InChI=1S/C11H12BrFN2O3/c1-6(10(16)15-11(17)14-2)18-9-4-7(12)3-8(13)5-9/h3-6H,1-2H3,(H2,14,15,16,17). The van der Waals surface area contributed by atoms with Gasteiger partial charge in [0.2, 0.25) is 0 Å². The monoisotopic (exact) mass is 318 g/mol. The van der Waals surface area contributed by atoms with Gasteiger partial charge in [0.1, 0.15) is 11.6 Å². The average Bonchev–Trinajstić information content (AvgIpc) is 2.27. The first-order valence-corrected chi connectivity index (χ1v) is 5.87. The number of carbonyl (C=O) groups excluding carboxylic acids is 2. The first-order chi connectivity index (χ1) is 8.42. The highest BCUT2D eigenvalue weighted by Gasteiger charge is 2.17. The quantitative estimate of drug-likeness (QED) is 0.893. The predicted molar refractivity (Wildman–Crippen MR) is 66.8 cm³/mol. The van der Waals surface area contributed by atoms with Crippen LogP contribution >= 0.6 is 15.9 Å². The highest BCUT2D eigenvalue weighted by atomic mass is 79.9. The lowest BCUT2D eigenvalue weighted by atomic mass is 10.3. The molecule has 0 saturated carbocycles. The molecule has 0 aliphatic heterocycles. The highest BCUT2D eigenvalue weighted by molar-refractivity contribution is 9.10. The topological polar surface area (TPSA) is 67.4 Å². The number of nitrogens with one attached hydrogen (secondary N) is 2. The van der Waals surface area contributed by atoms with E-state index in [0.29, 0.717) is 4.47 Å². The number of amides is 3. The zero-order chi connectivity index (χ0) is 13.7. The van der Waals surface area contributed by atoms with Crippen LogP contribution in [0.4, 0.5) is 9.18 Å². The molecule has 0 fully saturated rings. The Morgan fingerprint density at radius 2 is 2.06 bits per heavy atom. The second kappa shape index (κ2) is 6.34. The third-order valence-electron chi connectivity index (χ3n) is 1.98. The van der Waals surface area contributed by atoms with Crippen LogP contribution in [0.5, 0.6) is 5.75 Å². The normalized spacial score (nSPS) is 11.6. The number of carbonyl (C=O) groups is 2. The van der Waals surface area contributed by atoms with Crippen molar-refractivity contribution in [2.24, 2.45) is 0 Å². The van der Waals surface area contributed by atoms with Crippen molar-refractivity contribution < 1.29 is 18.7 Å². The molecule has 0 aliphatic carbocycles. The summed E-state index contributed by atoms with van der Waals surface area (Å²) in [6.07, 6.45) is -0.920. The van der Waals surface area contributed by atoms with Gasteiger partial charge in [-0.05, 0) is 19.1 Å². The summed E-state index contributed by atoms with van der Waals surface area (Å²) >= 11 is 3.11. The van der Waals surface area contributed by atoms with E-state index in [9.17, 15) is 14.0 Å². The molecule has 1 rings (SSSR count). The average molecular weight is 319 g/mol. The molecule has 1 aromatic carbocycles. The van der Waals surface area contributed by atoms with E-state index in [1.54, 1.807) is 0 Å². The van der Waals surface area contributed by atoms with Crippen molar-refractivity contribution in [3.8, 4) is 5.75 Å². The van der Waals surface area contributed by atoms with Crippen LogP contribution in [0.3, 0.4) is 0 Å². The Labute approximate surface area is 112 Å². The molecular weight excluding hydrogens is 307 g/mol. The molecule has 0 aliphatic rings. The van der Waals surface area contributed by atoms with Crippen molar-refractivity contribution in [1.82, 2.24) is 10.6 Å². The van der Waals surface area contributed by atoms with Crippen molar-refractivity contribution in [2.45, 2.75) is 13.0 Å². The minimum atomic E-state index is -0.920. The van der Waals surface area contributed by atoms with Gasteiger partial charge in [-0.25, -0.2) is 9.18 Å². The number of hydrogen-bond donors (Lipinski definition) is 2. The third-order valence-corrected chi connectivity index (χ3v) is 2.44. The highest BCUT2D eigenvalue weighted by Crippen LogP contribution is 2.21. The summed E-state index contributed by atoms with van der Waals surface area (Å²) in [6.45, 7) is 1.46. The third kappa shape index (κ3) is 4.33. The lowest BCUT2D eigenvalue weighted by molar-refractivity contribution is -0.126. The van der Waals surface area contributed by atoms with Crippen LogP contribution in [0.1, 0.15) is 6.92 Å². The Morgan fingerprint density at radius 3 is 2.61 bits per heavy atom. The molecule has 3 amide bonds. The van der Waals surface area contributed by atoms with E-state index in [2.05, 4.69) is 26.6 Å². The lowest BCUT2D eigenvalue weighted by Gasteiger charge is -2.14. The zero-order valence-electron chi connectivity index (χ0n) is 9.79. The Hall–Kier alpha value is -1.63. The summed E-state index contributed by atoms with van der Waals surface area (Å²) in [7, 11) is 1.39. The van der Waals surface area contributed by atoms with Crippen LogP contribution in [0, 0.1) is 5.82 Å². The fourth-order valence-electron chi connectivity index (χ4n) is 1.13. The molecule has 1 unspecified atom stereocenters. The van der Waals surface area contributed by atoms with Crippen molar-refractivity contribution in [1.29, 1.82) is 0 Å². The number of rotatable bonds is 3. The van der Waals surface area contributed by atoms with Gasteiger partial charge < -0.3 is 10.1 Å². The number of urea groups is 1. The summed E-state index contributed by atoms with van der Waals surface area (Å²) in [5.74, 6) is -0.908. The summed E-state index contributed by atoms with van der Waals surface area (Å²) in [4.78, 5) is 22.4. The maximum atomic E-state index is 13.1. The van der Waals surface area contributed by atoms with Gasteiger partial charge in [0.15, 0.2) is 6.10 Å². The van der Waals surface area contributed by atoms with Gasteiger partial charge in [0.25, 0.3) is 5.91 Å². The van der Waals surface area contributed by atoms with Crippen LogP contribution in [0.2, 0.25) is 0 Å². The largest absolute Gasteiger partial charge is 0.481 e. The lowest BCUT2D eigenvalue weighted by Crippen LogP contribution is -2.43. The molecule has 0 radical (unpaired) electrons. The Kier molecular flexibility index (Phi) is 5.08. The minimum Gasteiger partial charge on any atom is -0.481 e. The van der Waals surface area contributed by atoms with E-state index in [4.69, 9.17) is 4.74 Å². The maximum absolute atomic E-state index is 13.1. The predicted octanol–water partition coefficient (Wildman–Crippen LogP) is 1.81. The van der Waals surface area contributed by atoms with Gasteiger partial charge in [0, 0.05) is 17.6 Å². The summed E-state index contributed by atoms with van der Waals surface area (Å²) in [6, 6.07) is 3.31. The van der Waals surface area contributed by atoms with Crippen molar-refractivity contribution in [3.63, 3.8) is 0 Å². The minimum absolute atomic E-state index is 0.196. The first-order valence-electron chi connectivity index (χ1n) is 5.07. The van der Waals surface area contributed by atoms with Crippen LogP contribution in [0.15, 0.2) is 22.7 Å². The molecule has 18 heavy (non-hydrogen) atoms. The molecule has 0 spiro atoms. The maximum Gasteiger partial charge on any atom is 0.321 e. The van der Waals surface area contributed by atoms with Crippen LogP contribution in [0.25, 0.3) is 0 Å². The summed E-state index contributed by atoms with van der Waals surface area (Å²) < 4.78 is 18.8. The van der Waals surface area contributed by atoms with E-state index in [1.807, 2.05) is 0 Å². The second-order valence-corrected chi connectivity index (χ2v) is 4.35. The van der Waals surface area contributed by atoms with Crippen molar-refractivity contribution in [2.75, 3.05) is 7.05 Å². The van der Waals surface area contributed by atoms with E-state index >= 15 is 0 Å². The number of ether oxygens (including phenoxy) is 1. The molecule has 7 heteroatoms. The van der Waals surface area contributed by atoms with E-state index in [1.165, 1.54) is 26.1 Å². The fraction of sp³-hybridized carbons (Fsp3) is 0.273. The van der Waals surface area contributed by atoms with E-state index in [-0.39, 0.29) is 5.75 Å². The Morgan fingerprint density at radius 1 is 1.39 bits per heavy atom. The van der Waals surface area contributed by atoms with Gasteiger partial charge in [0.05, 0.1) is 0 Å². The number of benzene rings is 1. The molecular formula is C11H12BrFN2O3. The molecule has 0 heterocycles. The van der Waals surface area contributed by atoms with E-state index < -0.39 is 23.9 Å². The molecule has 1 atom stereocenters. The molecule has 0 saturated heterocycles. The number of imide groups is 1. The van der Waals surface area contributed by atoms with Crippen LogP contribution < -0.4 is 15.4 Å². The van der Waals surface area contributed by atoms with Crippen molar-refractivity contribution in [3.05, 3.63) is 28.5 Å². The Bertz CT molecular complexity index is 447. The molecule has 2 N–H and O–H groups in total. The summed E-state index contributed by atoms with van der Waals surface area (Å²) in [5, 5.41) is 4.30. The van der Waals surface area contributed by atoms with E-state index in [0.717, 1.165) is 6.07 Å². The van der Waals surface area contributed by atoms with Gasteiger partial charge in [-0.2, -0.15) is 0 Å². The van der Waals surface area contributed by atoms with Crippen LogP contribution in [-0.4, -0.2) is 25.1 Å². The van der Waals surface area contributed by atoms with Crippen molar-refractivity contribution >= 4 is 27.9 Å². The summed E-state index contributed by atoms with van der Waals surface area (Å²) in [5.41, 5.74) is 0. The van der Waals surface area contributed by atoms with Gasteiger partial charge in [-0.3, -0.25) is 10.1 Å². The second-order valence-electron chi connectivity index (χ2n) is 3.43. The molecule has 5 nitrogen and oxygen atoms in total. The SMILES string of the molecule is CNC(=O)NC(=O)C(C)Oc1cc(F)cc(Br)c1. The number of halogens is 2. The molecule has 98 valence electrons.